The number of amides is 1. The molecule has 1 aromatic carbocycles. The first-order valence-corrected chi connectivity index (χ1v) is 4.58. The largest absolute Gasteiger partial charge is 0.369 e. The summed E-state index contributed by atoms with van der Waals surface area (Å²) in [4.78, 5) is 11.2. The lowest BCUT2D eigenvalue weighted by Crippen LogP contribution is -2.35. The minimum atomic E-state index is -0.618. The van der Waals surface area contributed by atoms with Crippen LogP contribution in [-0.2, 0) is 16.8 Å². The molecule has 0 aliphatic rings. The number of carbonyl (C=O) groups excluding carboxylic acids is 1. The van der Waals surface area contributed by atoms with Gasteiger partial charge in [0.15, 0.2) is 0 Å². The van der Waals surface area contributed by atoms with Crippen LogP contribution in [0.4, 0.5) is 0 Å². The molecule has 0 heterocycles. The Morgan fingerprint density at radius 2 is 1.79 bits per heavy atom. The molecule has 1 rings (SSSR count). The Labute approximate surface area is 84.1 Å². The van der Waals surface area contributed by atoms with Gasteiger partial charge in [-0.05, 0) is 25.0 Å². The molecule has 0 aliphatic heterocycles. The monoisotopic (exact) mass is 192 g/mol. The zero-order valence-electron chi connectivity index (χ0n) is 8.58. The lowest BCUT2D eigenvalue weighted by atomic mass is 9.84. The van der Waals surface area contributed by atoms with Crippen molar-refractivity contribution in [2.24, 2.45) is 11.5 Å². The second-order valence-electron chi connectivity index (χ2n) is 3.89. The third kappa shape index (κ3) is 1.93. The first-order chi connectivity index (χ1) is 6.48. The minimum Gasteiger partial charge on any atom is -0.369 e. The van der Waals surface area contributed by atoms with Crippen molar-refractivity contribution in [1.82, 2.24) is 0 Å². The van der Waals surface area contributed by atoms with E-state index in [4.69, 9.17) is 11.5 Å². The maximum atomic E-state index is 11.2. The highest BCUT2D eigenvalue weighted by molar-refractivity contribution is 5.85. The van der Waals surface area contributed by atoms with Gasteiger partial charge in [-0.2, -0.15) is 0 Å². The van der Waals surface area contributed by atoms with Crippen LogP contribution in [0.5, 0.6) is 0 Å². The summed E-state index contributed by atoms with van der Waals surface area (Å²) in [7, 11) is 0. The molecule has 0 aliphatic carbocycles. The summed E-state index contributed by atoms with van der Waals surface area (Å²) in [5, 5.41) is 0. The van der Waals surface area contributed by atoms with Crippen molar-refractivity contribution in [1.29, 1.82) is 0 Å². The Balaban J connectivity index is 3.02. The van der Waals surface area contributed by atoms with Crippen LogP contribution in [0.25, 0.3) is 0 Å². The normalized spacial score (nSPS) is 11.4. The summed E-state index contributed by atoms with van der Waals surface area (Å²) in [6.07, 6.45) is 0. The predicted octanol–water partition coefficient (Wildman–Crippen LogP) is 0.908. The summed E-state index contributed by atoms with van der Waals surface area (Å²) in [5.74, 6) is -0.321. The number of hydrogen-bond donors (Lipinski definition) is 2. The van der Waals surface area contributed by atoms with Gasteiger partial charge in [0.2, 0.25) is 5.91 Å². The fraction of sp³-hybridized carbons (Fsp3) is 0.364. The smallest absolute Gasteiger partial charge is 0.227 e. The number of primary amides is 1. The molecule has 0 radical (unpaired) electrons. The molecule has 3 nitrogen and oxygen atoms in total. The summed E-state index contributed by atoms with van der Waals surface area (Å²) in [5.41, 5.74) is 12.1. The molecule has 3 heteroatoms. The molecular formula is C11H16N2O. The molecule has 1 amide bonds. The quantitative estimate of drug-likeness (QED) is 0.747. The van der Waals surface area contributed by atoms with E-state index in [1.165, 1.54) is 0 Å². The second-order valence-corrected chi connectivity index (χ2v) is 3.89. The summed E-state index contributed by atoms with van der Waals surface area (Å²) >= 11 is 0. The van der Waals surface area contributed by atoms with E-state index in [0.717, 1.165) is 11.1 Å². The highest BCUT2D eigenvalue weighted by atomic mass is 16.1. The Hall–Kier alpha value is -1.35. The Morgan fingerprint density at radius 1 is 1.29 bits per heavy atom. The lowest BCUT2D eigenvalue weighted by Gasteiger charge is -2.21. The number of hydrogen-bond acceptors (Lipinski definition) is 2. The molecule has 0 saturated carbocycles. The number of rotatable bonds is 3. The van der Waals surface area contributed by atoms with Gasteiger partial charge in [-0.3, -0.25) is 4.79 Å². The van der Waals surface area contributed by atoms with Gasteiger partial charge in [0, 0.05) is 6.54 Å². The standard InChI is InChI=1S/C11H16N2O/c1-11(2,10(13)14)9-5-3-8(7-12)4-6-9/h3-6H,7,12H2,1-2H3,(H2,13,14). The molecular weight excluding hydrogens is 176 g/mol. The molecule has 76 valence electrons. The van der Waals surface area contributed by atoms with E-state index in [2.05, 4.69) is 0 Å². The summed E-state index contributed by atoms with van der Waals surface area (Å²) in [6, 6.07) is 7.62. The fourth-order valence-corrected chi connectivity index (χ4v) is 1.20. The van der Waals surface area contributed by atoms with Gasteiger partial charge in [0.1, 0.15) is 0 Å². The SMILES string of the molecule is CC(C)(C(N)=O)c1ccc(CN)cc1. The van der Waals surface area contributed by atoms with Gasteiger partial charge in [0.25, 0.3) is 0 Å². The van der Waals surface area contributed by atoms with E-state index in [0.29, 0.717) is 6.54 Å². The summed E-state index contributed by atoms with van der Waals surface area (Å²) in [6.45, 7) is 4.14. The highest BCUT2D eigenvalue weighted by Crippen LogP contribution is 2.22. The van der Waals surface area contributed by atoms with Gasteiger partial charge in [-0.15, -0.1) is 0 Å². The van der Waals surface area contributed by atoms with Crippen molar-refractivity contribution < 1.29 is 4.79 Å². The molecule has 0 aromatic heterocycles. The van der Waals surface area contributed by atoms with E-state index < -0.39 is 5.41 Å². The van der Waals surface area contributed by atoms with Gasteiger partial charge >= 0.3 is 0 Å². The van der Waals surface area contributed by atoms with Crippen LogP contribution in [-0.4, -0.2) is 5.91 Å². The lowest BCUT2D eigenvalue weighted by molar-refractivity contribution is -0.122. The van der Waals surface area contributed by atoms with E-state index in [1.807, 2.05) is 38.1 Å². The average molecular weight is 192 g/mol. The third-order valence-electron chi connectivity index (χ3n) is 2.53. The molecule has 0 spiro atoms. The van der Waals surface area contributed by atoms with Gasteiger partial charge in [-0.25, -0.2) is 0 Å². The van der Waals surface area contributed by atoms with Crippen molar-refractivity contribution in [2.45, 2.75) is 25.8 Å². The van der Waals surface area contributed by atoms with E-state index >= 15 is 0 Å². The van der Waals surface area contributed by atoms with Crippen LogP contribution < -0.4 is 11.5 Å². The van der Waals surface area contributed by atoms with Gasteiger partial charge in [0.05, 0.1) is 5.41 Å². The molecule has 4 N–H and O–H groups in total. The number of nitrogens with two attached hydrogens (primary N) is 2. The van der Waals surface area contributed by atoms with Crippen molar-refractivity contribution in [2.75, 3.05) is 0 Å². The third-order valence-corrected chi connectivity index (χ3v) is 2.53. The first kappa shape index (κ1) is 10.7. The first-order valence-electron chi connectivity index (χ1n) is 4.58. The second kappa shape index (κ2) is 3.80. The maximum Gasteiger partial charge on any atom is 0.227 e. The number of benzene rings is 1. The molecule has 0 bridgehead atoms. The predicted molar refractivity (Wildman–Crippen MR) is 56.6 cm³/mol. The van der Waals surface area contributed by atoms with Gasteiger partial charge in [-0.1, -0.05) is 24.3 Å². The average Bonchev–Trinajstić information content (AvgIpc) is 2.17. The van der Waals surface area contributed by atoms with Crippen LogP contribution in [0.1, 0.15) is 25.0 Å². The van der Waals surface area contributed by atoms with E-state index in [1.54, 1.807) is 0 Å². The zero-order valence-corrected chi connectivity index (χ0v) is 8.58. The van der Waals surface area contributed by atoms with Crippen molar-refractivity contribution in [3.63, 3.8) is 0 Å². The van der Waals surface area contributed by atoms with Crippen LogP contribution in [0.15, 0.2) is 24.3 Å². The Bertz CT molecular complexity index is 328. The topological polar surface area (TPSA) is 69.1 Å². The Morgan fingerprint density at radius 3 is 2.14 bits per heavy atom. The fourth-order valence-electron chi connectivity index (χ4n) is 1.20. The molecule has 0 atom stereocenters. The van der Waals surface area contributed by atoms with Crippen LogP contribution in [0, 0.1) is 0 Å². The number of carbonyl (C=O) groups is 1. The molecule has 0 unspecified atom stereocenters. The van der Waals surface area contributed by atoms with Gasteiger partial charge < -0.3 is 11.5 Å². The highest BCUT2D eigenvalue weighted by Gasteiger charge is 2.26. The molecule has 14 heavy (non-hydrogen) atoms. The van der Waals surface area contributed by atoms with Crippen molar-refractivity contribution in [3.8, 4) is 0 Å². The zero-order chi connectivity index (χ0) is 10.8. The molecule has 1 aromatic rings. The van der Waals surface area contributed by atoms with Crippen LogP contribution in [0.2, 0.25) is 0 Å². The Kier molecular flexibility index (Phi) is 2.91. The van der Waals surface area contributed by atoms with E-state index in [9.17, 15) is 4.79 Å². The van der Waals surface area contributed by atoms with Crippen LogP contribution in [0.3, 0.4) is 0 Å². The van der Waals surface area contributed by atoms with Crippen molar-refractivity contribution >= 4 is 5.91 Å². The minimum absolute atomic E-state index is 0.321. The molecule has 0 saturated heterocycles. The van der Waals surface area contributed by atoms with E-state index in [-0.39, 0.29) is 5.91 Å². The van der Waals surface area contributed by atoms with Crippen molar-refractivity contribution in [3.05, 3.63) is 35.4 Å². The summed E-state index contributed by atoms with van der Waals surface area (Å²) < 4.78 is 0. The molecule has 0 fully saturated rings. The maximum absolute atomic E-state index is 11.2. The van der Waals surface area contributed by atoms with Crippen LogP contribution >= 0.6 is 0 Å².